The molecular formula is C16H29NO. The Balaban J connectivity index is 1.61. The first-order valence-corrected chi connectivity index (χ1v) is 8.10. The van der Waals surface area contributed by atoms with Crippen LogP contribution in [0.2, 0.25) is 0 Å². The van der Waals surface area contributed by atoms with Gasteiger partial charge in [0.25, 0.3) is 0 Å². The molecule has 1 N–H and O–H groups in total. The molecule has 3 fully saturated rings. The number of ether oxygens (including phenoxy) is 1. The summed E-state index contributed by atoms with van der Waals surface area (Å²) in [4.78, 5) is 0. The summed E-state index contributed by atoms with van der Waals surface area (Å²) in [5, 5.41) is 3.46. The topological polar surface area (TPSA) is 21.3 Å². The van der Waals surface area contributed by atoms with Gasteiger partial charge in [0.2, 0.25) is 0 Å². The van der Waals surface area contributed by atoms with Gasteiger partial charge in [-0.2, -0.15) is 0 Å². The van der Waals surface area contributed by atoms with Gasteiger partial charge in [-0.15, -0.1) is 0 Å². The van der Waals surface area contributed by atoms with Crippen molar-refractivity contribution in [1.82, 2.24) is 5.32 Å². The zero-order valence-electron chi connectivity index (χ0n) is 11.9. The predicted octanol–water partition coefficient (Wildman–Crippen LogP) is 3.36. The Morgan fingerprint density at radius 2 is 1.94 bits per heavy atom. The number of rotatable bonds is 6. The molecule has 2 saturated carbocycles. The van der Waals surface area contributed by atoms with Crippen molar-refractivity contribution in [2.45, 2.75) is 63.9 Å². The quantitative estimate of drug-likeness (QED) is 0.781. The first-order chi connectivity index (χ1) is 8.84. The van der Waals surface area contributed by atoms with Crippen molar-refractivity contribution < 1.29 is 4.74 Å². The van der Waals surface area contributed by atoms with Gasteiger partial charge in [-0.3, -0.25) is 0 Å². The minimum absolute atomic E-state index is 0.471. The average molecular weight is 251 g/mol. The van der Waals surface area contributed by atoms with Crippen molar-refractivity contribution in [2.24, 2.45) is 17.3 Å². The van der Waals surface area contributed by atoms with E-state index in [-0.39, 0.29) is 0 Å². The molecule has 2 heteroatoms. The third-order valence-electron chi connectivity index (χ3n) is 5.61. The molecule has 3 rings (SSSR count). The molecule has 18 heavy (non-hydrogen) atoms. The molecule has 104 valence electrons. The fourth-order valence-electron chi connectivity index (χ4n) is 4.43. The van der Waals surface area contributed by atoms with E-state index in [9.17, 15) is 0 Å². The Labute approximate surface area is 112 Å². The van der Waals surface area contributed by atoms with E-state index in [0.29, 0.717) is 11.5 Å². The summed E-state index contributed by atoms with van der Waals surface area (Å²) in [5.74, 6) is 1.92. The van der Waals surface area contributed by atoms with Crippen molar-refractivity contribution in [2.75, 3.05) is 20.2 Å². The summed E-state index contributed by atoms with van der Waals surface area (Å²) in [7, 11) is 2.11. The summed E-state index contributed by atoms with van der Waals surface area (Å²) < 4.78 is 6.12. The number of hydrogen-bond donors (Lipinski definition) is 1. The second kappa shape index (κ2) is 5.50. The van der Waals surface area contributed by atoms with Gasteiger partial charge < -0.3 is 10.1 Å². The maximum absolute atomic E-state index is 6.12. The highest BCUT2D eigenvalue weighted by atomic mass is 16.5. The standard InChI is InChI=1S/C16H29NO/c1-17-12-16(9-8-13-4-2-3-5-13)10-11-18-15(16)14-6-7-14/h13-15,17H,2-12H2,1H3. The van der Waals surface area contributed by atoms with Crippen molar-refractivity contribution in [3.05, 3.63) is 0 Å². The van der Waals surface area contributed by atoms with Gasteiger partial charge in [-0.25, -0.2) is 0 Å². The van der Waals surface area contributed by atoms with Crippen LogP contribution >= 0.6 is 0 Å². The van der Waals surface area contributed by atoms with E-state index in [2.05, 4.69) is 12.4 Å². The maximum atomic E-state index is 6.12. The average Bonchev–Trinajstić information content (AvgIpc) is 2.92. The van der Waals surface area contributed by atoms with Gasteiger partial charge in [-0.05, 0) is 51.0 Å². The summed E-state index contributed by atoms with van der Waals surface area (Å²) in [6.45, 7) is 2.17. The van der Waals surface area contributed by atoms with Gasteiger partial charge in [0, 0.05) is 18.6 Å². The summed E-state index contributed by atoms with van der Waals surface area (Å²) in [6, 6.07) is 0. The molecule has 0 radical (unpaired) electrons. The molecule has 0 spiro atoms. The first kappa shape index (κ1) is 12.9. The zero-order chi connectivity index (χ0) is 12.4. The lowest BCUT2D eigenvalue weighted by Gasteiger charge is -2.35. The smallest absolute Gasteiger partial charge is 0.0672 e. The zero-order valence-corrected chi connectivity index (χ0v) is 11.9. The van der Waals surface area contributed by atoms with Gasteiger partial charge >= 0.3 is 0 Å². The van der Waals surface area contributed by atoms with E-state index in [0.717, 1.165) is 18.4 Å². The lowest BCUT2D eigenvalue weighted by atomic mass is 9.73. The molecule has 1 heterocycles. The van der Waals surface area contributed by atoms with Crippen LogP contribution in [0.4, 0.5) is 0 Å². The molecule has 3 aliphatic rings. The molecule has 2 nitrogen and oxygen atoms in total. The van der Waals surface area contributed by atoms with Gasteiger partial charge in [0.15, 0.2) is 0 Å². The highest BCUT2D eigenvalue weighted by molar-refractivity contribution is 5.00. The minimum atomic E-state index is 0.471. The molecule has 2 atom stereocenters. The summed E-state index contributed by atoms with van der Waals surface area (Å²) in [5.41, 5.74) is 0.471. The van der Waals surface area contributed by atoms with Crippen molar-refractivity contribution >= 4 is 0 Å². The molecule has 0 amide bonds. The molecule has 0 aromatic carbocycles. The predicted molar refractivity (Wildman–Crippen MR) is 74.6 cm³/mol. The number of nitrogens with one attached hydrogen (secondary N) is 1. The largest absolute Gasteiger partial charge is 0.377 e. The molecular weight excluding hydrogens is 222 g/mol. The summed E-state index contributed by atoms with van der Waals surface area (Å²) >= 11 is 0. The van der Waals surface area contributed by atoms with E-state index in [1.807, 2.05) is 0 Å². The van der Waals surface area contributed by atoms with Gasteiger partial charge in [0.05, 0.1) is 6.10 Å². The van der Waals surface area contributed by atoms with Crippen molar-refractivity contribution in [3.8, 4) is 0 Å². The van der Waals surface area contributed by atoms with Crippen LogP contribution in [0.15, 0.2) is 0 Å². The van der Waals surface area contributed by atoms with E-state index in [4.69, 9.17) is 4.74 Å². The Morgan fingerprint density at radius 3 is 2.61 bits per heavy atom. The molecule has 0 aromatic heterocycles. The van der Waals surface area contributed by atoms with Crippen LogP contribution in [0.3, 0.4) is 0 Å². The van der Waals surface area contributed by atoms with Crippen molar-refractivity contribution in [1.29, 1.82) is 0 Å². The maximum Gasteiger partial charge on any atom is 0.0672 e. The van der Waals surface area contributed by atoms with Gasteiger partial charge in [-0.1, -0.05) is 25.7 Å². The Morgan fingerprint density at radius 1 is 1.17 bits per heavy atom. The third-order valence-corrected chi connectivity index (χ3v) is 5.61. The number of hydrogen-bond acceptors (Lipinski definition) is 2. The fourth-order valence-corrected chi connectivity index (χ4v) is 4.43. The third kappa shape index (κ3) is 2.60. The van der Waals surface area contributed by atoms with Crippen molar-refractivity contribution in [3.63, 3.8) is 0 Å². The minimum Gasteiger partial charge on any atom is -0.377 e. The molecule has 2 aliphatic carbocycles. The second-order valence-electron chi connectivity index (χ2n) is 6.96. The summed E-state index contributed by atoms with van der Waals surface area (Å²) in [6.07, 6.45) is 13.5. The van der Waals surface area contributed by atoms with Crippen LogP contribution in [0.1, 0.15) is 57.8 Å². The SMILES string of the molecule is CNCC1(CCC2CCCC2)CCOC1C1CC1. The lowest BCUT2D eigenvalue weighted by molar-refractivity contribution is 0.0245. The van der Waals surface area contributed by atoms with Gasteiger partial charge in [0.1, 0.15) is 0 Å². The van der Waals surface area contributed by atoms with Crippen LogP contribution in [0, 0.1) is 17.3 Å². The van der Waals surface area contributed by atoms with Crippen LogP contribution in [-0.4, -0.2) is 26.3 Å². The van der Waals surface area contributed by atoms with Crippen LogP contribution in [-0.2, 0) is 4.74 Å². The van der Waals surface area contributed by atoms with Crippen LogP contribution in [0.5, 0.6) is 0 Å². The van der Waals surface area contributed by atoms with E-state index >= 15 is 0 Å². The Bertz CT molecular complexity index is 270. The normalized spacial score (nSPS) is 37.5. The highest BCUT2D eigenvalue weighted by Gasteiger charge is 2.50. The van der Waals surface area contributed by atoms with Crippen LogP contribution < -0.4 is 5.32 Å². The molecule has 0 bridgehead atoms. The highest BCUT2D eigenvalue weighted by Crippen LogP contribution is 2.50. The lowest BCUT2D eigenvalue weighted by Crippen LogP contribution is -2.41. The monoisotopic (exact) mass is 251 g/mol. The molecule has 2 unspecified atom stereocenters. The van der Waals surface area contributed by atoms with E-state index in [1.54, 1.807) is 0 Å². The fraction of sp³-hybridized carbons (Fsp3) is 1.00. The first-order valence-electron chi connectivity index (χ1n) is 8.10. The second-order valence-corrected chi connectivity index (χ2v) is 6.96. The Hall–Kier alpha value is -0.0800. The van der Waals surface area contributed by atoms with Crippen LogP contribution in [0.25, 0.3) is 0 Å². The molecule has 0 aromatic rings. The van der Waals surface area contributed by atoms with E-state index in [1.165, 1.54) is 64.3 Å². The van der Waals surface area contributed by atoms with E-state index < -0.39 is 0 Å². The molecule has 1 aliphatic heterocycles. The Kier molecular flexibility index (Phi) is 3.95. The molecule has 1 saturated heterocycles.